The van der Waals surface area contributed by atoms with Crippen LogP contribution in [0.25, 0.3) is 10.9 Å². The quantitative estimate of drug-likeness (QED) is 0.383. The molecule has 0 unspecified atom stereocenters. The van der Waals surface area contributed by atoms with E-state index in [1.165, 1.54) is 0 Å². The average Bonchev–Trinajstić information content (AvgIpc) is 2.72. The number of unbranched alkanes of at least 4 members (excludes halogenated alkanes) is 1. The molecular formula is C23H26ClN3O2. The van der Waals surface area contributed by atoms with Gasteiger partial charge in [-0.3, -0.25) is 9.78 Å². The van der Waals surface area contributed by atoms with Crippen LogP contribution in [0.4, 0.5) is 17.1 Å². The van der Waals surface area contributed by atoms with Crippen molar-refractivity contribution in [2.24, 2.45) is 0 Å². The van der Waals surface area contributed by atoms with Gasteiger partial charge in [0, 0.05) is 36.1 Å². The Morgan fingerprint density at radius 1 is 1.17 bits per heavy atom. The largest absolute Gasteiger partial charge is 0.495 e. The minimum Gasteiger partial charge on any atom is -0.495 e. The number of halogens is 1. The summed E-state index contributed by atoms with van der Waals surface area (Å²) in [6, 6.07) is 15.9. The van der Waals surface area contributed by atoms with E-state index in [0.29, 0.717) is 23.7 Å². The first-order valence-electron chi connectivity index (χ1n) is 9.67. The number of para-hydroxylation sites is 1. The van der Waals surface area contributed by atoms with Gasteiger partial charge in [-0.15, -0.1) is 11.6 Å². The molecule has 6 heteroatoms. The Morgan fingerprint density at radius 2 is 1.97 bits per heavy atom. The fourth-order valence-corrected chi connectivity index (χ4v) is 3.49. The number of ether oxygens (including phenoxy) is 1. The third-order valence-corrected chi connectivity index (χ3v) is 5.08. The summed E-state index contributed by atoms with van der Waals surface area (Å²) in [4.78, 5) is 19.0. The minimum atomic E-state index is -0.0431. The lowest BCUT2D eigenvalue weighted by atomic mass is 10.1. The Kier molecular flexibility index (Phi) is 6.94. The zero-order valence-electron chi connectivity index (χ0n) is 17.0. The molecule has 3 aromatic rings. The van der Waals surface area contributed by atoms with Crippen molar-refractivity contribution >= 4 is 45.5 Å². The van der Waals surface area contributed by atoms with E-state index in [2.05, 4.69) is 27.3 Å². The molecular weight excluding hydrogens is 386 g/mol. The van der Waals surface area contributed by atoms with Crippen LogP contribution in [0.1, 0.15) is 25.0 Å². The average molecular weight is 412 g/mol. The van der Waals surface area contributed by atoms with Gasteiger partial charge in [0.25, 0.3) is 0 Å². The number of alkyl halides is 1. The predicted octanol–water partition coefficient (Wildman–Crippen LogP) is 5.67. The molecule has 1 aromatic heterocycles. The molecule has 29 heavy (non-hydrogen) atoms. The molecule has 0 aliphatic rings. The number of carbonyl (C=O) groups is 1. The van der Waals surface area contributed by atoms with Crippen molar-refractivity contribution < 1.29 is 9.53 Å². The summed E-state index contributed by atoms with van der Waals surface area (Å²) in [6.07, 6.45) is 2.02. The van der Waals surface area contributed by atoms with Crippen LogP contribution in [-0.4, -0.2) is 30.9 Å². The van der Waals surface area contributed by atoms with Crippen LogP contribution in [0.3, 0.4) is 0 Å². The Bertz CT molecular complexity index is 1010. The van der Waals surface area contributed by atoms with Crippen molar-refractivity contribution in [2.75, 3.05) is 30.3 Å². The molecule has 152 valence electrons. The zero-order chi connectivity index (χ0) is 20.8. The standard InChI is InChI=1S/C23H26ClN3O2/c1-16-14-21(18-8-4-5-9-19(18)25-16)27(2)17-11-12-22(29-3)20(15-17)26-23(28)10-6-7-13-24/h4-5,8-9,11-12,14-15H,6-7,10,13H2,1-3H3,(H,26,28). The molecule has 3 rings (SSSR count). The first-order valence-corrected chi connectivity index (χ1v) is 10.2. The fraction of sp³-hybridized carbons (Fsp3) is 0.304. The minimum absolute atomic E-state index is 0.0431. The zero-order valence-corrected chi connectivity index (χ0v) is 17.8. The van der Waals surface area contributed by atoms with E-state index in [1.54, 1.807) is 7.11 Å². The highest BCUT2D eigenvalue weighted by Crippen LogP contribution is 2.35. The van der Waals surface area contributed by atoms with E-state index in [9.17, 15) is 4.79 Å². The van der Waals surface area contributed by atoms with Crippen molar-refractivity contribution in [1.29, 1.82) is 0 Å². The Morgan fingerprint density at radius 3 is 2.72 bits per heavy atom. The molecule has 1 N–H and O–H groups in total. The molecule has 0 fully saturated rings. The fourth-order valence-electron chi connectivity index (χ4n) is 3.30. The second kappa shape index (κ2) is 9.61. The Hall–Kier alpha value is -2.79. The molecule has 0 saturated carbocycles. The summed E-state index contributed by atoms with van der Waals surface area (Å²) in [5.74, 6) is 1.15. The predicted molar refractivity (Wildman–Crippen MR) is 121 cm³/mol. The topological polar surface area (TPSA) is 54.5 Å². The maximum absolute atomic E-state index is 12.3. The van der Waals surface area contributed by atoms with Gasteiger partial charge < -0.3 is 15.0 Å². The van der Waals surface area contributed by atoms with E-state index >= 15 is 0 Å². The van der Waals surface area contributed by atoms with Gasteiger partial charge >= 0.3 is 0 Å². The van der Waals surface area contributed by atoms with Gasteiger partial charge in [-0.05, 0) is 50.1 Å². The molecule has 0 saturated heterocycles. The number of nitrogens with zero attached hydrogens (tertiary/aromatic N) is 2. The number of aromatic nitrogens is 1. The number of nitrogens with one attached hydrogen (secondary N) is 1. The van der Waals surface area contributed by atoms with Crippen molar-refractivity contribution in [3.8, 4) is 5.75 Å². The third-order valence-electron chi connectivity index (χ3n) is 4.82. The van der Waals surface area contributed by atoms with Gasteiger partial charge in [0.2, 0.25) is 5.91 Å². The van der Waals surface area contributed by atoms with E-state index in [0.717, 1.165) is 40.8 Å². The van der Waals surface area contributed by atoms with Crippen LogP contribution in [0.15, 0.2) is 48.5 Å². The number of aryl methyl sites for hydroxylation is 1. The van der Waals surface area contributed by atoms with Crippen LogP contribution >= 0.6 is 11.6 Å². The Balaban J connectivity index is 1.92. The van der Waals surface area contributed by atoms with Gasteiger partial charge in [-0.25, -0.2) is 0 Å². The molecule has 2 aromatic carbocycles. The number of hydrogen-bond acceptors (Lipinski definition) is 4. The van der Waals surface area contributed by atoms with Crippen LogP contribution in [0.2, 0.25) is 0 Å². The summed E-state index contributed by atoms with van der Waals surface area (Å²) in [6.45, 7) is 1.99. The normalized spacial score (nSPS) is 10.8. The lowest BCUT2D eigenvalue weighted by Crippen LogP contribution is -2.14. The molecule has 5 nitrogen and oxygen atoms in total. The van der Waals surface area contributed by atoms with Crippen molar-refractivity contribution in [1.82, 2.24) is 4.98 Å². The van der Waals surface area contributed by atoms with Gasteiger partial charge in [0.1, 0.15) is 5.75 Å². The lowest BCUT2D eigenvalue weighted by molar-refractivity contribution is -0.116. The molecule has 0 aliphatic heterocycles. The summed E-state index contributed by atoms with van der Waals surface area (Å²) in [7, 11) is 3.61. The number of hydrogen-bond donors (Lipinski definition) is 1. The van der Waals surface area contributed by atoms with E-state index in [4.69, 9.17) is 16.3 Å². The monoisotopic (exact) mass is 411 g/mol. The van der Waals surface area contributed by atoms with E-state index < -0.39 is 0 Å². The smallest absolute Gasteiger partial charge is 0.224 e. The second-order valence-corrected chi connectivity index (χ2v) is 7.32. The number of methoxy groups -OCH3 is 1. The molecule has 0 bridgehead atoms. The highest BCUT2D eigenvalue weighted by atomic mass is 35.5. The van der Waals surface area contributed by atoms with Crippen molar-refractivity contribution in [3.05, 3.63) is 54.2 Å². The Labute approximate surface area is 176 Å². The number of amides is 1. The number of pyridine rings is 1. The van der Waals surface area contributed by atoms with Crippen LogP contribution in [0, 0.1) is 6.92 Å². The van der Waals surface area contributed by atoms with Gasteiger partial charge in [-0.1, -0.05) is 18.2 Å². The molecule has 0 atom stereocenters. The number of rotatable bonds is 8. The molecule has 0 spiro atoms. The number of fused-ring (bicyclic) bond motifs is 1. The first kappa shape index (κ1) is 20.9. The first-order chi connectivity index (χ1) is 14.0. The summed E-state index contributed by atoms with van der Waals surface area (Å²) >= 11 is 5.70. The maximum atomic E-state index is 12.3. The lowest BCUT2D eigenvalue weighted by Gasteiger charge is -2.23. The van der Waals surface area contributed by atoms with Crippen LogP contribution < -0.4 is 15.0 Å². The van der Waals surface area contributed by atoms with Crippen molar-refractivity contribution in [3.63, 3.8) is 0 Å². The number of benzene rings is 2. The van der Waals surface area contributed by atoms with Crippen LogP contribution in [-0.2, 0) is 4.79 Å². The SMILES string of the molecule is COc1ccc(N(C)c2cc(C)nc3ccccc23)cc1NC(=O)CCCCCl. The summed E-state index contributed by atoms with van der Waals surface area (Å²) < 4.78 is 5.44. The highest BCUT2D eigenvalue weighted by molar-refractivity contribution is 6.17. The van der Waals surface area contributed by atoms with E-state index in [1.807, 2.05) is 50.4 Å². The summed E-state index contributed by atoms with van der Waals surface area (Å²) in [5.41, 5.74) is 4.56. The molecule has 1 amide bonds. The van der Waals surface area contributed by atoms with Crippen LogP contribution in [0.5, 0.6) is 5.75 Å². The summed E-state index contributed by atoms with van der Waals surface area (Å²) in [5, 5.41) is 4.04. The van der Waals surface area contributed by atoms with Crippen molar-refractivity contribution in [2.45, 2.75) is 26.2 Å². The molecule has 0 aliphatic carbocycles. The number of carbonyl (C=O) groups excluding carboxylic acids is 1. The van der Waals surface area contributed by atoms with E-state index in [-0.39, 0.29) is 5.91 Å². The second-order valence-electron chi connectivity index (χ2n) is 6.94. The highest BCUT2D eigenvalue weighted by Gasteiger charge is 2.14. The van der Waals surface area contributed by atoms with Gasteiger partial charge in [0.05, 0.1) is 24.0 Å². The molecule has 1 heterocycles. The van der Waals surface area contributed by atoms with Gasteiger partial charge in [0.15, 0.2) is 0 Å². The maximum Gasteiger partial charge on any atom is 0.224 e. The number of anilines is 3. The molecule has 0 radical (unpaired) electrons. The third kappa shape index (κ3) is 4.98. The van der Waals surface area contributed by atoms with Gasteiger partial charge in [-0.2, -0.15) is 0 Å².